The molecule has 2 atom stereocenters. The van der Waals surface area contributed by atoms with Gasteiger partial charge in [-0.1, -0.05) is 34.8 Å². The Kier molecular flexibility index (Phi) is 7.98. The number of hydrogen-bond donors (Lipinski definition) is 2. The van der Waals surface area contributed by atoms with Gasteiger partial charge < -0.3 is 15.2 Å². The molecule has 0 spiro atoms. The van der Waals surface area contributed by atoms with E-state index >= 15 is 0 Å². The summed E-state index contributed by atoms with van der Waals surface area (Å²) in [6, 6.07) is 2.74. The molecule has 2 N–H and O–H groups in total. The molecule has 0 fully saturated rings. The number of carbonyl (C=O) groups is 1. The van der Waals surface area contributed by atoms with Crippen molar-refractivity contribution in [3.63, 3.8) is 0 Å². The molecule has 0 bridgehead atoms. The molecule has 0 aliphatic heterocycles. The lowest BCUT2D eigenvalue weighted by Gasteiger charge is -2.21. The van der Waals surface area contributed by atoms with E-state index < -0.39 is 0 Å². The summed E-state index contributed by atoms with van der Waals surface area (Å²) in [6.45, 7) is 1.61. The maximum absolute atomic E-state index is 11.8. The average molecular weight is 373 g/mol. The minimum Gasteiger partial charge on any atom is -0.482 e. The number of carbonyl (C=O) groups excluding carboxylic acids is 1. The molecule has 0 saturated heterocycles. The number of hydrogen-bond acceptors (Lipinski definition) is 4. The second kappa shape index (κ2) is 8.96. The number of aliphatic hydroxyl groups is 1. The molecule has 8 heteroatoms. The predicted molar refractivity (Wildman–Crippen MR) is 89.0 cm³/mol. The van der Waals surface area contributed by atoms with E-state index in [1.54, 1.807) is 0 Å². The van der Waals surface area contributed by atoms with Gasteiger partial charge in [0, 0.05) is 17.4 Å². The zero-order valence-corrected chi connectivity index (χ0v) is 14.6. The van der Waals surface area contributed by atoms with Crippen LogP contribution in [0, 0.1) is 0 Å². The van der Waals surface area contributed by atoms with E-state index in [-0.39, 0.29) is 41.2 Å². The van der Waals surface area contributed by atoms with Crippen LogP contribution in [-0.2, 0) is 4.79 Å². The smallest absolute Gasteiger partial charge is 0.258 e. The Morgan fingerprint density at radius 1 is 1.33 bits per heavy atom. The molecule has 21 heavy (non-hydrogen) atoms. The lowest BCUT2D eigenvalue weighted by atomic mass is 10.2. The largest absolute Gasteiger partial charge is 0.482 e. The average Bonchev–Trinajstić information content (AvgIpc) is 2.42. The van der Waals surface area contributed by atoms with Crippen LogP contribution in [0.3, 0.4) is 0 Å². The Bertz CT molecular complexity index is 498. The fraction of sp³-hybridized carbons (Fsp3) is 0.462. The van der Waals surface area contributed by atoms with Crippen LogP contribution in [-0.4, -0.2) is 41.8 Å². The molecular formula is C13H16Cl3NO3S. The number of ether oxygens (including phenoxy) is 1. The van der Waals surface area contributed by atoms with Crippen molar-refractivity contribution in [1.82, 2.24) is 5.32 Å². The van der Waals surface area contributed by atoms with Gasteiger partial charge in [-0.15, -0.1) is 0 Å². The van der Waals surface area contributed by atoms with Crippen molar-refractivity contribution in [2.75, 3.05) is 19.5 Å². The van der Waals surface area contributed by atoms with Crippen LogP contribution in [0.25, 0.3) is 0 Å². The minimum absolute atomic E-state index is 0.0118. The summed E-state index contributed by atoms with van der Waals surface area (Å²) in [4.78, 5) is 11.8. The summed E-state index contributed by atoms with van der Waals surface area (Å²) in [5, 5.41) is 12.7. The molecule has 1 amide bonds. The van der Waals surface area contributed by atoms with E-state index in [1.807, 2.05) is 13.2 Å². The number of thioether (sulfide) groups is 1. The Balaban J connectivity index is 2.55. The van der Waals surface area contributed by atoms with Crippen molar-refractivity contribution >= 4 is 52.5 Å². The van der Waals surface area contributed by atoms with Crippen molar-refractivity contribution in [2.45, 2.75) is 18.2 Å². The van der Waals surface area contributed by atoms with Gasteiger partial charge >= 0.3 is 0 Å². The van der Waals surface area contributed by atoms with E-state index in [2.05, 4.69) is 5.32 Å². The summed E-state index contributed by atoms with van der Waals surface area (Å²) in [6.07, 6.45) is 1.87. The number of amides is 1. The van der Waals surface area contributed by atoms with Gasteiger partial charge in [-0.2, -0.15) is 11.8 Å². The maximum atomic E-state index is 11.8. The highest BCUT2D eigenvalue weighted by atomic mass is 35.5. The Morgan fingerprint density at radius 2 is 1.95 bits per heavy atom. The van der Waals surface area contributed by atoms with E-state index in [1.165, 1.54) is 23.9 Å². The number of benzene rings is 1. The first-order chi connectivity index (χ1) is 9.88. The van der Waals surface area contributed by atoms with Crippen molar-refractivity contribution in [3.8, 4) is 5.75 Å². The standard InChI is InChI=1S/C13H16Cl3NO3S/c1-7(12(5-18)21-2)17-13(19)6-20-11-4-9(15)8(14)3-10(11)16/h3-4,7,12,18H,5-6H2,1-2H3,(H,17,19). The SMILES string of the molecule is CSC(CO)C(C)NC(=O)COc1cc(Cl)c(Cl)cc1Cl. The summed E-state index contributed by atoms with van der Waals surface area (Å²) in [5.41, 5.74) is 0. The van der Waals surface area contributed by atoms with E-state index in [0.29, 0.717) is 10.0 Å². The first-order valence-corrected chi connectivity index (χ1v) is 8.51. The second-order valence-electron chi connectivity index (χ2n) is 4.30. The molecule has 4 nitrogen and oxygen atoms in total. The molecule has 1 aromatic rings. The van der Waals surface area contributed by atoms with Crippen LogP contribution in [0.5, 0.6) is 5.75 Å². The van der Waals surface area contributed by atoms with Gasteiger partial charge in [-0.05, 0) is 19.2 Å². The zero-order chi connectivity index (χ0) is 16.0. The fourth-order valence-corrected chi connectivity index (χ4v) is 2.80. The van der Waals surface area contributed by atoms with Gasteiger partial charge in [0.15, 0.2) is 6.61 Å². The van der Waals surface area contributed by atoms with Gasteiger partial charge in [-0.25, -0.2) is 0 Å². The molecule has 2 unspecified atom stereocenters. The van der Waals surface area contributed by atoms with Crippen molar-refractivity contribution in [2.24, 2.45) is 0 Å². The predicted octanol–water partition coefficient (Wildman–Crippen LogP) is 3.25. The summed E-state index contributed by atoms with van der Waals surface area (Å²) < 4.78 is 5.33. The molecule has 1 rings (SSSR count). The molecule has 0 saturated carbocycles. The van der Waals surface area contributed by atoms with Crippen LogP contribution in [0.4, 0.5) is 0 Å². The molecule has 0 aliphatic rings. The number of aliphatic hydroxyl groups excluding tert-OH is 1. The first kappa shape index (κ1) is 18.7. The quantitative estimate of drug-likeness (QED) is 0.721. The highest BCUT2D eigenvalue weighted by Crippen LogP contribution is 2.33. The number of nitrogens with one attached hydrogen (secondary N) is 1. The second-order valence-corrected chi connectivity index (χ2v) is 6.60. The number of rotatable bonds is 7. The van der Waals surface area contributed by atoms with Crippen LogP contribution in [0.15, 0.2) is 12.1 Å². The Hall–Kier alpha value is -0.330. The van der Waals surface area contributed by atoms with Crippen molar-refractivity contribution < 1.29 is 14.6 Å². The highest BCUT2D eigenvalue weighted by Gasteiger charge is 2.18. The van der Waals surface area contributed by atoms with Crippen molar-refractivity contribution in [3.05, 3.63) is 27.2 Å². The summed E-state index contributed by atoms with van der Waals surface area (Å²) in [5.74, 6) is -0.0189. The molecule has 118 valence electrons. The molecule has 0 aromatic heterocycles. The third kappa shape index (κ3) is 5.75. The number of halogens is 3. The van der Waals surface area contributed by atoms with Crippen LogP contribution < -0.4 is 10.1 Å². The van der Waals surface area contributed by atoms with Crippen molar-refractivity contribution in [1.29, 1.82) is 0 Å². The van der Waals surface area contributed by atoms with Gasteiger partial charge in [-0.3, -0.25) is 4.79 Å². The molecule has 1 aromatic carbocycles. The third-order valence-corrected chi connectivity index (χ3v) is 4.94. The zero-order valence-electron chi connectivity index (χ0n) is 11.5. The normalized spacial score (nSPS) is 13.6. The van der Waals surface area contributed by atoms with Gasteiger partial charge in [0.25, 0.3) is 5.91 Å². The van der Waals surface area contributed by atoms with Crippen LogP contribution in [0.1, 0.15) is 6.92 Å². The fourth-order valence-electron chi connectivity index (χ4n) is 1.58. The highest BCUT2D eigenvalue weighted by molar-refractivity contribution is 7.99. The van der Waals surface area contributed by atoms with E-state index in [9.17, 15) is 4.79 Å². The molecule has 0 radical (unpaired) electrons. The Labute approximate surface area is 143 Å². The monoisotopic (exact) mass is 371 g/mol. The maximum Gasteiger partial charge on any atom is 0.258 e. The summed E-state index contributed by atoms with van der Waals surface area (Å²) in [7, 11) is 0. The van der Waals surface area contributed by atoms with Crippen LogP contribution in [0.2, 0.25) is 15.1 Å². The van der Waals surface area contributed by atoms with Gasteiger partial charge in [0.2, 0.25) is 0 Å². The summed E-state index contributed by atoms with van der Waals surface area (Å²) >= 11 is 19.1. The Morgan fingerprint density at radius 3 is 2.52 bits per heavy atom. The first-order valence-electron chi connectivity index (χ1n) is 6.09. The molecule has 0 heterocycles. The van der Waals surface area contributed by atoms with Gasteiger partial charge in [0.05, 0.1) is 21.7 Å². The van der Waals surface area contributed by atoms with Gasteiger partial charge in [0.1, 0.15) is 5.75 Å². The lowest BCUT2D eigenvalue weighted by molar-refractivity contribution is -0.123. The topological polar surface area (TPSA) is 58.6 Å². The van der Waals surface area contributed by atoms with E-state index in [0.717, 1.165) is 0 Å². The van der Waals surface area contributed by atoms with Crippen LogP contribution >= 0.6 is 46.6 Å². The van der Waals surface area contributed by atoms with E-state index in [4.69, 9.17) is 44.6 Å². The third-order valence-electron chi connectivity index (χ3n) is 2.76. The minimum atomic E-state index is -0.308. The lowest BCUT2D eigenvalue weighted by Crippen LogP contribution is -2.43. The molecule has 0 aliphatic carbocycles. The molecular weight excluding hydrogens is 357 g/mol.